The summed E-state index contributed by atoms with van der Waals surface area (Å²) in [5, 5.41) is 25.8. The van der Waals surface area contributed by atoms with Crippen molar-refractivity contribution >= 4 is 17.4 Å². The van der Waals surface area contributed by atoms with E-state index in [2.05, 4.69) is 37.0 Å². The standard InChI is InChI=1S/C19H19N7O2/c1-11-22-17(26-28-11)13-4-6-14(7-5-13)23-18-15(10-21-25-18)19(27)24-16(8-9-20)12-2-3-12/h4-7,10,12,16H,2-3,8H2,1H3,(H,24,27)(H2,21,23,25). The number of carbonyl (C=O) groups excluding carboxylic acids is 1. The molecule has 1 saturated carbocycles. The summed E-state index contributed by atoms with van der Waals surface area (Å²) in [6.45, 7) is 1.74. The summed E-state index contributed by atoms with van der Waals surface area (Å²) in [5.41, 5.74) is 2.01. The molecular formula is C19H19N7O2. The van der Waals surface area contributed by atoms with Crippen molar-refractivity contribution < 1.29 is 9.32 Å². The lowest BCUT2D eigenvalue weighted by Gasteiger charge is -2.15. The monoisotopic (exact) mass is 377 g/mol. The maximum atomic E-state index is 12.6. The van der Waals surface area contributed by atoms with Crippen LogP contribution in [0.25, 0.3) is 11.4 Å². The van der Waals surface area contributed by atoms with Crippen LogP contribution in [0, 0.1) is 24.2 Å². The lowest BCUT2D eigenvalue weighted by molar-refractivity contribution is 0.0934. The highest BCUT2D eigenvalue weighted by Crippen LogP contribution is 2.34. The number of nitrogens with one attached hydrogen (secondary N) is 3. The Bertz CT molecular complexity index is 1010. The van der Waals surface area contributed by atoms with Crippen LogP contribution in [0.4, 0.5) is 11.5 Å². The molecule has 1 fully saturated rings. The van der Waals surface area contributed by atoms with Crippen molar-refractivity contribution in [1.29, 1.82) is 5.26 Å². The van der Waals surface area contributed by atoms with Gasteiger partial charge in [-0.25, -0.2) is 0 Å². The fraction of sp³-hybridized carbons (Fsp3) is 0.316. The maximum Gasteiger partial charge on any atom is 0.256 e. The van der Waals surface area contributed by atoms with E-state index in [4.69, 9.17) is 9.78 Å². The normalized spacial score (nSPS) is 14.3. The second-order valence-electron chi connectivity index (χ2n) is 6.78. The van der Waals surface area contributed by atoms with E-state index < -0.39 is 0 Å². The van der Waals surface area contributed by atoms with E-state index in [1.807, 2.05) is 24.3 Å². The van der Waals surface area contributed by atoms with E-state index in [1.54, 1.807) is 6.92 Å². The number of aromatic amines is 1. The van der Waals surface area contributed by atoms with Crippen molar-refractivity contribution in [2.45, 2.75) is 32.2 Å². The Hall–Kier alpha value is -3.67. The first kappa shape index (κ1) is 17.7. The highest BCUT2D eigenvalue weighted by atomic mass is 16.5. The van der Waals surface area contributed by atoms with Gasteiger partial charge in [-0.1, -0.05) is 5.16 Å². The molecule has 9 nitrogen and oxygen atoms in total. The number of hydrogen-bond acceptors (Lipinski definition) is 7. The molecule has 1 aromatic carbocycles. The predicted molar refractivity (Wildman–Crippen MR) is 101 cm³/mol. The van der Waals surface area contributed by atoms with Gasteiger partial charge >= 0.3 is 0 Å². The molecule has 9 heteroatoms. The van der Waals surface area contributed by atoms with Crippen molar-refractivity contribution in [3.8, 4) is 17.5 Å². The number of hydrogen-bond donors (Lipinski definition) is 3. The molecule has 1 unspecified atom stereocenters. The first-order valence-electron chi connectivity index (χ1n) is 9.03. The summed E-state index contributed by atoms with van der Waals surface area (Å²) in [7, 11) is 0. The molecule has 0 spiro atoms. The molecule has 1 aliphatic carbocycles. The number of nitriles is 1. The van der Waals surface area contributed by atoms with Gasteiger partial charge in [0.15, 0.2) is 0 Å². The van der Waals surface area contributed by atoms with Crippen LogP contribution in [0.15, 0.2) is 35.0 Å². The van der Waals surface area contributed by atoms with E-state index >= 15 is 0 Å². The Morgan fingerprint density at radius 3 is 2.82 bits per heavy atom. The van der Waals surface area contributed by atoms with Crippen molar-refractivity contribution in [1.82, 2.24) is 25.7 Å². The van der Waals surface area contributed by atoms with Crippen LogP contribution in [0.5, 0.6) is 0 Å². The Morgan fingerprint density at radius 2 is 2.18 bits per heavy atom. The zero-order chi connectivity index (χ0) is 19.5. The van der Waals surface area contributed by atoms with E-state index in [1.165, 1.54) is 6.20 Å². The van der Waals surface area contributed by atoms with Crippen LogP contribution in [0.2, 0.25) is 0 Å². The molecule has 3 N–H and O–H groups in total. The molecule has 1 aliphatic rings. The number of anilines is 2. The molecule has 1 amide bonds. The fourth-order valence-corrected chi connectivity index (χ4v) is 3.00. The topological polar surface area (TPSA) is 133 Å². The second-order valence-corrected chi connectivity index (χ2v) is 6.78. The van der Waals surface area contributed by atoms with E-state index in [0.29, 0.717) is 35.4 Å². The Kier molecular flexibility index (Phi) is 4.76. The van der Waals surface area contributed by atoms with Crippen LogP contribution >= 0.6 is 0 Å². The van der Waals surface area contributed by atoms with Crippen LogP contribution in [-0.4, -0.2) is 32.3 Å². The van der Waals surface area contributed by atoms with Crippen molar-refractivity contribution in [3.63, 3.8) is 0 Å². The van der Waals surface area contributed by atoms with Gasteiger partial charge in [-0.2, -0.15) is 15.3 Å². The first-order chi connectivity index (χ1) is 13.6. The van der Waals surface area contributed by atoms with E-state index in [0.717, 1.165) is 24.1 Å². The summed E-state index contributed by atoms with van der Waals surface area (Å²) < 4.78 is 4.99. The average molecular weight is 377 g/mol. The third-order valence-corrected chi connectivity index (χ3v) is 4.64. The summed E-state index contributed by atoms with van der Waals surface area (Å²) in [6, 6.07) is 9.46. The summed E-state index contributed by atoms with van der Waals surface area (Å²) in [4.78, 5) is 16.8. The molecule has 0 saturated heterocycles. The highest BCUT2D eigenvalue weighted by molar-refractivity contribution is 5.99. The number of carbonyl (C=O) groups is 1. The van der Waals surface area contributed by atoms with Gasteiger partial charge in [0, 0.05) is 24.2 Å². The second kappa shape index (κ2) is 7.52. The molecular weight excluding hydrogens is 358 g/mol. The third kappa shape index (κ3) is 3.86. The van der Waals surface area contributed by atoms with Gasteiger partial charge in [-0.05, 0) is 43.0 Å². The molecule has 0 bridgehead atoms. The zero-order valence-electron chi connectivity index (χ0n) is 15.3. The van der Waals surface area contributed by atoms with Crippen LogP contribution in [0.3, 0.4) is 0 Å². The van der Waals surface area contributed by atoms with Gasteiger partial charge in [0.2, 0.25) is 11.7 Å². The van der Waals surface area contributed by atoms with Crippen LogP contribution in [-0.2, 0) is 0 Å². The molecule has 2 aromatic heterocycles. The van der Waals surface area contributed by atoms with Gasteiger partial charge < -0.3 is 15.2 Å². The average Bonchev–Trinajstić information content (AvgIpc) is 3.29. The summed E-state index contributed by atoms with van der Waals surface area (Å²) in [6.07, 6.45) is 3.89. The lowest BCUT2D eigenvalue weighted by atomic mass is 10.1. The lowest BCUT2D eigenvalue weighted by Crippen LogP contribution is -2.36. The van der Waals surface area contributed by atoms with Gasteiger partial charge in [0.25, 0.3) is 5.91 Å². The SMILES string of the molecule is Cc1nc(-c2ccc(Nc3[nH]ncc3C(=O)NC(CC#N)C3CC3)cc2)no1. The minimum absolute atomic E-state index is 0.113. The summed E-state index contributed by atoms with van der Waals surface area (Å²) >= 11 is 0. The fourth-order valence-electron chi connectivity index (χ4n) is 3.00. The van der Waals surface area contributed by atoms with Crippen molar-refractivity contribution in [2.24, 2.45) is 5.92 Å². The smallest absolute Gasteiger partial charge is 0.256 e. The third-order valence-electron chi connectivity index (χ3n) is 4.64. The number of rotatable bonds is 7. The number of aromatic nitrogens is 4. The van der Waals surface area contributed by atoms with Crippen molar-refractivity contribution in [2.75, 3.05) is 5.32 Å². The molecule has 0 radical (unpaired) electrons. The van der Waals surface area contributed by atoms with Crippen LogP contribution < -0.4 is 10.6 Å². The van der Waals surface area contributed by atoms with Crippen molar-refractivity contribution in [3.05, 3.63) is 41.9 Å². The van der Waals surface area contributed by atoms with Gasteiger partial charge in [-0.3, -0.25) is 9.89 Å². The number of amides is 1. The van der Waals surface area contributed by atoms with Gasteiger partial charge in [0.1, 0.15) is 11.4 Å². The summed E-state index contributed by atoms with van der Waals surface area (Å²) in [5.74, 6) is 1.67. The van der Waals surface area contributed by atoms with Gasteiger partial charge in [-0.15, -0.1) is 0 Å². The Labute approximate surface area is 161 Å². The molecule has 142 valence electrons. The Balaban J connectivity index is 1.45. The van der Waals surface area contributed by atoms with E-state index in [9.17, 15) is 4.79 Å². The molecule has 2 heterocycles. The number of nitrogens with zero attached hydrogens (tertiary/aromatic N) is 4. The molecule has 3 aromatic rings. The highest BCUT2D eigenvalue weighted by Gasteiger charge is 2.32. The maximum absolute atomic E-state index is 12.6. The molecule has 28 heavy (non-hydrogen) atoms. The Morgan fingerprint density at radius 1 is 1.39 bits per heavy atom. The number of H-pyrrole nitrogens is 1. The quantitative estimate of drug-likeness (QED) is 0.576. The van der Waals surface area contributed by atoms with E-state index in [-0.39, 0.29) is 11.9 Å². The minimum Gasteiger partial charge on any atom is -0.348 e. The molecule has 0 aliphatic heterocycles. The zero-order valence-corrected chi connectivity index (χ0v) is 15.3. The molecule has 4 rings (SSSR count). The molecule has 1 atom stereocenters. The van der Waals surface area contributed by atoms with Crippen LogP contribution in [0.1, 0.15) is 35.5 Å². The number of aryl methyl sites for hydroxylation is 1. The number of benzene rings is 1. The van der Waals surface area contributed by atoms with Gasteiger partial charge in [0.05, 0.1) is 18.7 Å². The first-order valence-corrected chi connectivity index (χ1v) is 9.03. The minimum atomic E-state index is -0.248. The largest absolute Gasteiger partial charge is 0.348 e. The predicted octanol–water partition coefficient (Wildman–Crippen LogP) is 2.93.